The number of nitrogens with zero attached hydrogens (tertiary/aromatic N) is 3. The van der Waals surface area contributed by atoms with Gasteiger partial charge in [-0.15, -0.1) is 0 Å². The summed E-state index contributed by atoms with van der Waals surface area (Å²) in [4.78, 5) is 16.9. The first-order valence-electron chi connectivity index (χ1n) is 9.11. The summed E-state index contributed by atoms with van der Waals surface area (Å²) in [7, 11) is 0. The number of anilines is 1. The molecule has 1 aromatic heterocycles. The van der Waals surface area contributed by atoms with E-state index in [1.807, 2.05) is 15.9 Å². The number of amides is 2. The standard InChI is InChI=1S/C19H26N4O/c1-2-14-12-22-8-9-23(19(24)21-6-4-3-5-7-21)13-15-10-16(20)11-17(14)18(15)22/h10-12H,2-9,13,20H2,1H3. The van der Waals surface area contributed by atoms with Crippen molar-refractivity contribution in [2.24, 2.45) is 0 Å². The van der Waals surface area contributed by atoms with Crippen LogP contribution in [0.3, 0.4) is 0 Å². The van der Waals surface area contributed by atoms with Gasteiger partial charge in [-0.05, 0) is 48.9 Å². The summed E-state index contributed by atoms with van der Waals surface area (Å²) in [6.45, 7) is 6.25. The molecule has 2 N–H and O–H groups in total. The van der Waals surface area contributed by atoms with Crippen LogP contribution < -0.4 is 5.73 Å². The second kappa shape index (κ2) is 6.04. The molecule has 1 fully saturated rings. The van der Waals surface area contributed by atoms with Gasteiger partial charge in [0.15, 0.2) is 0 Å². The van der Waals surface area contributed by atoms with Gasteiger partial charge in [0, 0.05) is 50.0 Å². The van der Waals surface area contributed by atoms with Crippen LogP contribution in [0.5, 0.6) is 0 Å². The van der Waals surface area contributed by atoms with Crippen molar-refractivity contribution in [1.82, 2.24) is 14.4 Å². The Morgan fingerprint density at radius 3 is 2.62 bits per heavy atom. The van der Waals surface area contributed by atoms with E-state index in [2.05, 4.69) is 23.8 Å². The number of aromatic nitrogens is 1. The number of carbonyl (C=O) groups is 1. The number of nitrogen functional groups attached to an aromatic ring is 1. The molecule has 0 unspecified atom stereocenters. The van der Waals surface area contributed by atoms with Crippen molar-refractivity contribution in [3.05, 3.63) is 29.5 Å². The fraction of sp³-hybridized carbons (Fsp3) is 0.526. The Labute approximate surface area is 143 Å². The fourth-order valence-corrected chi connectivity index (χ4v) is 4.17. The Balaban J connectivity index is 1.68. The van der Waals surface area contributed by atoms with Crippen LogP contribution in [0.4, 0.5) is 10.5 Å². The van der Waals surface area contributed by atoms with Crippen LogP contribution in [-0.4, -0.2) is 40.0 Å². The lowest BCUT2D eigenvalue weighted by Crippen LogP contribution is -2.45. The van der Waals surface area contributed by atoms with Gasteiger partial charge in [-0.1, -0.05) is 6.92 Å². The molecule has 0 bridgehead atoms. The van der Waals surface area contributed by atoms with Gasteiger partial charge in [0.1, 0.15) is 0 Å². The van der Waals surface area contributed by atoms with Gasteiger partial charge in [-0.3, -0.25) is 0 Å². The summed E-state index contributed by atoms with van der Waals surface area (Å²) in [5.41, 5.74) is 10.7. The Bertz CT molecular complexity index is 773. The number of nitrogens with two attached hydrogens (primary N) is 1. The van der Waals surface area contributed by atoms with Crippen molar-refractivity contribution >= 4 is 22.6 Å². The molecule has 2 aliphatic rings. The van der Waals surface area contributed by atoms with Crippen molar-refractivity contribution in [2.45, 2.75) is 45.7 Å². The number of aryl methyl sites for hydroxylation is 1. The Kier molecular flexibility index (Phi) is 3.87. The smallest absolute Gasteiger partial charge is 0.320 e. The highest BCUT2D eigenvalue weighted by Crippen LogP contribution is 2.31. The van der Waals surface area contributed by atoms with Crippen LogP contribution in [0.25, 0.3) is 10.9 Å². The predicted octanol–water partition coefficient (Wildman–Crippen LogP) is 3.21. The zero-order valence-electron chi connectivity index (χ0n) is 14.4. The topological polar surface area (TPSA) is 54.5 Å². The third kappa shape index (κ3) is 2.52. The first-order chi connectivity index (χ1) is 11.7. The monoisotopic (exact) mass is 326 g/mol. The molecule has 0 aliphatic carbocycles. The quantitative estimate of drug-likeness (QED) is 0.818. The molecule has 0 radical (unpaired) electrons. The average molecular weight is 326 g/mol. The number of urea groups is 1. The second-order valence-corrected chi connectivity index (χ2v) is 7.03. The van der Waals surface area contributed by atoms with E-state index in [0.717, 1.165) is 51.1 Å². The van der Waals surface area contributed by atoms with E-state index in [1.54, 1.807) is 0 Å². The van der Waals surface area contributed by atoms with Gasteiger partial charge >= 0.3 is 6.03 Å². The molecule has 1 saturated heterocycles. The van der Waals surface area contributed by atoms with Gasteiger partial charge in [0.2, 0.25) is 0 Å². The van der Waals surface area contributed by atoms with Gasteiger partial charge < -0.3 is 20.1 Å². The molecule has 0 spiro atoms. The number of hydrogen-bond acceptors (Lipinski definition) is 2. The highest BCUT2D eigenvalue weighted by Gasteiger charge is 2.26. The second-order valence-electron chi connectivity index (χ2n) is 7.03. The largest absolute Gasteiger partial charge is 0.399 e. The molecular formula is C19H26N4O. The van der Waals surface area contributed by atoms with E-state index in [1.165, 1.54) is 28.5 Å². The summed E-state index contributed by atoms with van der Waals surface area (Å²) in [5, 5.41) is 1.25. The molecule has 2 aromatic rings. The minimum atomic E-state index is 0.187. The summed E-state index contributed by atoms with van der Waals surface area (Å²) in [6, 6.07) is 4.31. The molecule has 5 heteroatoms. The number of carbonyl (C=O) groups excluding carboxylic acids is 1. The van der Waals surface area contributed by atoms with Crippen molar-refractivity contribution in [1.29, 1.82) is 0 Å². The Morgan fingerprint density at radius 1 is 1.08 bits per heavy atom. The molecule has 2 aliphatic heterocycles. The summed E-state index contributed by atoms with van der Waals surface area (Å²) >= 11 is 0. The van der Waals surface area contributed by atoms with E-state index >= 15 is 0 Å². The molecule has 0 saturated carbocycles. The van der Waals surface area contributed by atoms with Gasteiger partial charge in [0.25, 0.3) is 0 Å². The van der Waals surface area contributed by atoms with E-state index in [-0.39, 0.29) is 6.03 Å². The first-order valence-corrected chi connectivity index (χ1v) is 9.11. The number of piperidine rings is 1. The zero-order valence-corrected chi connectivity index (χ0v) is 14.4. The lowest BCUT2D eigenvalue weighted by Gasteiger charge is -2.32. The SMILES string of the molecule is CCc1cn2c3c(cc(N)cc13)CN(C(=O)N1CCCCC1)CC2. The maximum absolute atomic E-state index is 12.9. The summed E-state index contributed by atoms with van der Waals surface area (Å²) in [5.74, 6) is 0. The van der Waals surface area contributed by atoms with Crippen LogP contribution in [0.2, 0.25) is 0 Å². The van der Waals surface area contributed by atoms with Crippen LogP contribution >= 0.6 is 0 Å². The minimum absolute atomic E-state index is 0.187. The van der Waals surface area contributed by atoms with Gasteiger partial charge in [-0.2, -0.15) is 0 Å². The summed E-state index contributed by atoms with van der Waals surface area (Å²) < 4.78 is 2.31. The van der Waals surface area contributed by atoms with Crippen LogP contribution in [-0.2, 0) is 19.5 Å². The van der Waals surface area contributed by atoms with E-state index in [0.29, 0.717) is 6.54 Å². The predicted molar refractivity (Wildman–Crippen MR) is 97.0 cm³/mol. The van der Waals surface area contributed by atoms with Crippen LogP contribution in [0.1, 0.15) is 37.3 Å². The zero-order chi connectivity index (χ0) is 16.7. The van der Waals surface area contributed by atoms with Crippen molar-refractivity contribution in [2.75, 3.05) is 25.4 Å². The molecule has 24 heavy (non-hydrogen) atoms. The first kappa shape index (κ1) is 15.4. The normalized spacial score (nSPS) is 18.0. The lowest BCUT2D eigenvalue weighted by molar-refractivity contribution is 0.140. The third-order valence-electron chi connectivity index (χ3n) is 5.41. The molecular weight excluding hydrogens is 300 g/mol. The molecule has 1 aromatic carbocycles. The highest BCUT2D eigenvalue weighted by molar-refractivity contribution is 5.90. The van der Waals surface area contributed by atoms with E-state index in [4.69, 9.17) is 5.73 Å². The lowest BCUT2D eigenvalue weighted by atomic mass is 10.1. The fourth-order valence-electron chi connectivity index (χ4n) is 4.17. The van der Waals surface area contributed by atoms with Crippen molar-refractivity contribution in [3.8, 4) is 0 Å². The van der Waals surface area contributed by atoms with Crippen molar-refractivity contribution < 1.29 is 4.79 Å². The van der Waals surface area contributed by atoms with Gasteiger partial charge in [0.05, 0.1) is 5.52 Å². The number of likely N-dealkylation sites (tertiary alicyclic amines) is 1. The third-order valence-corrected chi connectivity index (χ3v) is 5.41. The van der Waals surface area contributed by atoms with Crippen molar-refractivity contribution in [3.63, 3.8) is 0 Å². The van der Waals surface area contributed by atoms with E-state index in [9.17, 15) is 4.79 Å². The maximum atomic E-state index is 12.9. The molecule has 2 amide bonds. The number of hydrogen-bond donors (Lipinski definition) is 1. The van der Waals surface area contributed by atoms with Crippen LogP contribution in [0, 0.1) is 0 Å². The maximum Gasteiger partial charge on any atom is 0.320 e. The number of benzene rings is 1. The van der Waals surface area contributed by atoms with Gasteiger partial charge in [-0.25, -0.2) is 4.79 Å². The Hall–Kier alpha value is -2.17. The molecule has 4 rings (SSSR count). The molecule has 0 atom stereocenters. The number of rotatable bonds is 1. The molecule has 128 valence electrons. The van der Waals surface area contributed by atoms with E-state index < -0.39 is 0 Å². The van der Waals surface area contributed by atoms with Crippen LogP contribution in [0.15, 0.2) is 18.3 Å². The minimum Gasteiger partial charge on any atom is -0.399 e. The highest BCUT2D eigenvalue weighted by atomic mass is 16.2. The molecule has 3 heterocycles. The summed E-state index contributed by atoms with van der Waals surface area (Å²) in [6.07, 6.45) is 6.74. The molecule has 5 nitrogen and oxygen atoms in total. The Morgan fingerprint density at radius 2 is 1.88 bits per heavy atom. The average Bonchev–Trinajstić information content (AvgIpc) is 2.85.